The first kappa shape index (κ1) is 14.3. The van der Waals surface area contributed by atoms with Gasteiger partial charge < -0.3 is 9.80 Å². The fourth-order valence-electron chi connectivity index (χ4n) is 2.63. The first-order valence-corrected chi connectivity index (χ1v) is 7.34. The van der Waals surface area contributed by atoms with E-state index in [1.807, 2.05) is 28.7 Å². The predicted molar refractivity (Wildman–Crippen MR) is 80.8 cm³/mol. The lowest BCUT2D eigenvalue weighted by Crippen LogP contribution is -2.56. The number of pyridine rings is 1. The van der Waals surface area contributed by atoms with Crippen LogP contribution >= 0.6 is 34.2 Å². The second kappa shape index (κ2) is 5.46. The second-order valence-corrected chi connectivity index (χ2v) is 6.43. The van der Waals surface area contributed by atoms with Gasteiger partial charge in [-0.3, -0.25) is 0 Å². The van der Waals surface area contributed by atoms with E-state index in [4.69, 9.17) is 11.6 Å². The Kier molecular flexibility index (Phi) is 4.33. The SMILES string of the molecule is C[C@@H]1CN(C)C[C@H](C)N1c1cc(I)c(Cl)c(F)n1. The standard InChI is InChI=1S/C12H16ClFIN3/c1-7-5-17(3)6-8(2)18(7)10-4-9(15)11(13)12(14)16-10/h4,7-8H,5-6H2,1-3H3/t7-,8+. The summed E-state index contributed by atoms with van der Waals surface area (Å²) in [5.74, 6) is 0.0892. The lowest BCUT2D eigenvalue weighted by molar-refractivity contribution is 0.238. The minimum absolute atomic E-state index is 0.105. The van der Waals surface area contributed by atoms with Crippen LogP contribution in [0, 0.1) is 9.52 Å². The van der Waals surface area contributed by atoms with Crippen LogP contribution in [0.4, 0.5) is 10.2 Å². The zero-order valence-electron chi connectivity index (χ0n) is 10.6. The molecule has 1 aromatic rings. The molecule has 1 aliphatic heterocycles. The second-order valence-electron chi connectivity index (χ2n) is 4.89. The van der Waals surface area contributed by atoms with Crippen LogP contribution in [-0.2, 0) is 0 Å². The predicted octanol–water partition coefficient (Wildman–Crippen LogP) is 3.01. The van der Waals surface area contributed by atoms with E-state index in [2.05, 4.69) is 35.7 Å². The third-order valence-electron chi connectivity index (χ3n) is 3.23. The molecule has 1 fully saturated rings. The van der Waals surface area contributed by atoms with Crippen molar-refractivity contribution in [3.63, 3.8) is 0 Å². The molecule has 100 valence electrons. The normalized spacial score (nSPS) is 25.6. The van der Waals surface area contributed by atoms with E-state index in [-0.39, 0.29) is 5.02 Å². The topological polar surface area (TPSA) is 19.4 Å². The highest BCUT2D eigenvalue weighted by atomic mass is 127. The van der Waals surface area contributed by atoms with Gasteiger partial charge in [-0.1, -0.05) is 11.6 Å². The van der Waals surface area contributed by atoms with Crippen molar-refractivity contribution in [2.24, 2.45) is 0 Å². The number of anilines is 1. The molecule has 0 N–H and O–H groups in total. The number of piperazine rings is 1. The van der Waals surface area contributed by atoms with Crippen molar-refractivity contribution in [2.75, 3.05) is 25.0 Å². The van der Waals surface area contributed by atoms with Gasteiger partial charge in [-0.2, -0.15) is 4.39 Å². The van der Waals surface area contributed by atoms with Crippen LogP contribution in [0.25, 0.3) is 0 Å². The van der Waals surface area contributed by atoms with E-state index in [1.165, 1.54) is 0 Å². The van der Waals surface area contributed by atoms with Gasteiger partial charge in [-0.05, 0) is 49.6 Å². The number of rotatable bonds is 1. The van der Waals surface area contributed by atoms with E-state index < -0.39 is 5.95 Å². The van der Waals surface area contributed by atoms with Gasteiger partial charge in [-0.15, -0.1) is 0 Å². The van der Waals surface area contributed by atoms with Gasteiger partial charge in [0.15, 0.2) is 0 Å². The molecule has 0 bridgehead atoms. The Labute approximate surface area is 125 Å². The van der Waals surface area contributed by atoms with Crippen molar-refractivity contribution < 1.29 is 4.39 Å². The van der Waals surface area contributed by atoms with E-state index in [0.29, 0.717) is 21.5 Å². The zero-order valence-corrected chi connectivity index (χ0v) is 13.5. The van der Waals surface area contributed by atoms with E-state index >= 15 is 0 Å². The molecule has 2 atom stereocenters. The van der Waals surface area contributed by atoms with Gasteiger partial charge >= 0.3 is 0 Å². The summed E-state index contributed by atoms with van der Waals surface area (Å²) in [5.41, 5.74) is 0. The molecule has 0 amide bonds. The van der Waals surface area contributed by atoms with E-state index in [1.54, 1.807) is 0 Å². The quantitative estimate of drug-likeness (QED) is 0.549. The summed E-state index contributed by atoms with van der Waals surface area (Å²) < 4.78 is 14.3. The number of hydrogen-bond donors (Lipinski definition) is 0. The first-order chi connectivity index (χ1) is 8.40. The molecular formula is C12H16ClFIN3. The number of aromatic nitrogens is 1. The Morgan fingerprint density at radius 1 is 1.39 bits per heavy atom. The molecule has 3 nitrogen and oxygen atoms in total. The highest BCUT2D eigenvalue weighted by Gasteiger charge is 2.29. The molecule has 2 heterocycles. The van der Waals surface area contributed by atoms with Crippen LogP contribution < -0.4 is 4.90 Å². The fraction of sp³-hybridized carbons (Fsp3) is 0.583. The largest absolute Gasteiger partial charge is 0.349 e. The molecule has 0 radical (unpaired) electrons. The number of nitrogens with zero attached hydrogens (tertiary/aromatic N) is 3. The summed E-state index contributed by atoms with van der Waals surface area (Å²) in [6.45, 7) is 6.17. The summed E-state index contributed by atoms with van der Waals surface area (Å²) in [4.78, 5) is 8.44. The minimum Gasteiger partial charge on any atom is -0.349 e. The third-order valence-corrected chi connectivity index (χ3v) is 4.75. The molecule has 0 spiro atoms. The average Bonchev–Trinajstić information content (AvgIpc) is 2.24. The highest BCUT2D eigenvalue weighted by Crippen LogP contribution is 2.28. The van der Waals surface area contributed by atoms with E-state index in [0.717, 1.165) is 13.1 Å². The van der Waals surface area contributed by atoms with Gasteiger partial charge in [0.2, 0.25) is 5.95 Å². The average molecular weight is 384 g/mol. The van der Waals surface area contributed by atoms with Crippen LogP contribution in [0.5, 0.6) is 0 Å². The Morgan fingerprint density at radius 3 is 2.44 bits per heavy atom. The van der Waals surface area contributed by atoms with Gasteiger partial charge in [0, 0.05) is 28.7 Å². The maximum atomic E-state index is 13.6. The monoisotopic (exact) mass is 383 g/mol. The summed E-state index contributed by atoms with van der Waals surface area (Å²) >= 11 is 7.85. The molecule has 0 unspecified atom stereocenters. The Hall–Kier alpha value is -0.140. The van der Waals surface area contributed by atoms with Crippen LogP contribution in [0.3, 0.4) is 0 Å². The summed E-state index contributed by atoms with van der Waals surface area (Å²) in [6.07, 6.45) is 0. The van der Waals surface area contributed by atoms with Crippen LogP contribution in [0.1, 0.15) is 13.8 Å². The maximum absolute atomic E-state index is 13.6. The zero-order chi connectivity index (χ0) is 13.4. The van der Waals surface area contributed by atoms with Crippen molar-refractivity contribution in [1.29, 1.82) is 0 Å². The molecule has 1 aliphatic rings. The number of likely N-dealkylation sites (N-methyl/N-ethyl adjacent to an activating group) is 1. The van der Waals surface area contributed by atoms with Crippen molar-refractivity contribution in [1.82, 2.24) is 9.88 Å². The van der Waals surface area contributed by atoms with E-state index in [9.17, 15) is 4.39 Å². The third kappa shape index (κ3) is 2.72. The van der Waals surface area contributed by atoms with Crippen LogP contribution in [0.15, 0.2) is 6.07 Å². The number of hydrogen-bond acceptors (Lipinski definition) is 3. The molecule has 18 heavy (non-hydrogen) atoms. The fourth-order valence-corrected chi connectivity index (χ4v) is 3.23. The van der Waals surface area contributed by atoms with Gasteiger partial charge in [0.25, 0.3) is 0 Å². The summed E-state index contributed by atoms with van der Waals surface area (Å²) in [7, 11) is 2.10. The first-order valence-electron chi connectivity index (χ1n) is 5.88. The van der Waals surface area contributed by atoms with Crippen molar-refractivity contribution >= 4 is 40.0 Å². The lowest BCUT2D eigenvalue weighted by atomic mass is 10.1. The smallest absolute Gasteiger partial charge is 0.234 e. The minimum atomic E-state index is -0.586. The Morgan fingerprint density at radius 2 is 1.94 bits per heavy atom. The summed E-state index contributed by atoms with van der Waals surface area (Å²) in [5, 5.41) is 0.105. The number of halogens is 3. The molecule has 6 heteroatoms. The van der Waals surface area contributed by atoms with Gasteiger partial charge in [0.1, 0.15) is 10.8 Å². The maximum Gasteiger partial charge on any atom is 0.234 e. The molecule has 1 saturated heterocycles. The molecule has 1 aromatic heterocycles. The molecule has 2 rings (SSSR count). The van der Waals surface area contributed by atoms with Gasteiger partial charge in [0.05, 0.1) is 0 Å². The molecular weight excluding hydrogens is 368 g/mol. The molecule has 0 aromatic carbocycles. The molecule has 0 saturated carbocycles. The van der Waals surface area contributed by atoms with Crippen LogP contribution in [-0.4, -0.2) is 42.1 Å². The Bertz CT molecular complexity index is 422. The Balaban J connectivity index is 2.36. The van der Waals surface area contributed by atoms with Crippen molar-refractivity contribution in [2.45, 2.75) is 25.9 Å². The van der Waals surface area contributed by atoms with Crippen molar-refractivity contribution in [3.8, 4) is 0 Å². The van der Waals surface area contributed by atoms with Crippen molar-refractivity contribution in [3.05, 3.63) is 20.6 Å². The highest BCUT2D eigenvalue weighted by molar-refractivity contribution is 14.1. The molecule has 0 aliphatic carbocycles. The lowest BCUT2D eigenvalue weighted by Gasteiger charge is -2.44. The summed E-state index contributed by atoms with van der Waals surface area (Å²) in [6, 6.07) is 2.47. The van der Waals surface area contributed by atoms with Gasteiger partial charge in [-0.25, -0.2) is 4.98 Å². The van der Waals surface area contributed by atoms with Crippen LogP contribution in [0.2, 0.25) is 5.02 Å².